The molecule has 0 bridgehead atoms. The molecule has 67 heavy (non-hydrogen) atoms. The Hall–Kier alpha value is -1.02. The first-order valence-corrected chi connectivity index (χ1v) is 24.7. The largest absolute Gasteiger partial charge is 0.394 e. The van der Waals surface area contributed by atoms with Gasteiger partial charge in [-0.15, -0.1) is 0 Å². The summed E-state index contributed by atoms with van der Waals surface area (Å²) in [7, 11) is 4.58. The molecule has 19 nitrogen and oxygen atoms in total. The van der Waals surface area contributed by atoms with Crippen molar-refractivity contribution in [3.8, 4) is 0 Å². The highest BCUT2D eigenvalue weighted by Gasteiger charge is 2.70. The van der Waals surface area contributed by atoms with E-state index in [2.05, 4.69) is 13.0 Å². The van der Waals surface area contributed by atoms with Crippen molar-refractivity contribution in [3.63, 3.8) is 0 Å². The molecule has 8 aliphatic rings. The van der Waals surface area contributed by atoms with Crippen molar-refractivity contribution in [3.05, 3.63) is 11.6 Å². The Labute approximate surface area is 394 Å². The van der Waals surface area contributed by atoms with Crippen LogP contribution in [0, 0.1) is 28.6 Å². The average Bonchev–Trinajstić information content (AvgIpc) is 3.59. The minimum absolute atomic E-state index is 0.0182. The smallest absolute Gasteiger partial charge is 0.187 e. The van der Waals surface area contributed by atoms with Crippen molar-refractivity contribution >= 4 is 0 Å². The zero-order valence-corrected chi connectivity index (χ0v) is 40.6. The normalized spacial score (nSPS) is 54.1. The first-order valence-electron chi connectivity index (χ1n) is 24.7. The van der Waals surface area contributed by atoms with Gasteiger partial charge in [0.25, 0.3) is 0 Å². The highest BCUT2D eigenvalue weighted by Crippen LogP contribution is 2.68. The molecule has 0 aromatic carbocycles. The number of allylic oxidation sites excluding steroid dienone is 1. The van der Waals surface area contributed by atoms with Gasteiger partial charge in [0.15, 0.2) is 25.2 Å². The number of hydrogen-bond donors (Lipinski definition) is 8. The molecule has 0 amide bonds. The molecule has 8 N–H and O–H groups in total. The van der Waals surface area contributed by atoms with E-state index in [1.807, 2.05) is 20.8 Å². The van der Waals surface area contributed by atoms with Crippen molar-refractivity contribution in [2.75, 3.05) is 27.9 Å². The lowest BCUT2D eigenvalue weighted by atomic mass is 9.45. The number of methoxy groups -OCH3 is 3. The number of hydrogen-bond acceptors (Lipinski definition) is 19. The van der Waals surface area contributed by atoms with Crippen LogP contribution in [-0.2, 0) is 52.1 Å². The Kier molecular flexibility index (Phi) is 16.0. The van der Waals surface area contributed by atoms with Crippen molar-refractivity contribution in [1.29, 1.82) is 0 Å². The van der Waals surface area contributed by atoms with Gasteiger partial charge in [0.05, 0.1) is 61.0 Å². The molecule has 19 heteroatoms. The van der Waals surface area contributed by atoms with Crippen LogP contribution in [0.25, 0.3) is 0 Å². The summed E-state index contributed by atoms with van der Waals surface area (Å²) in [5, 5.41) is 87.0. The average molecular weight is 961 g/mol. The van der Waals surface area contributed by atoms with E-state index >= 15 is 0 Å². The minimum atomic E-state index is -1.66. The van der Waals surface area contributed by atoms with Gasteiger partial charge in [-0.3, -0.25) is 0 Å². The Morgan fingerprint density at radius 2 is 1.27 bits per heavy atom. The molecule has 0 radical (unpaired) electrons. The van der Waals surface area contributed by atoms with Gasteiger partial charge in [-0.05, 0) is 95.8 Å². The number of aliphatic hydroxyl groups excluding tert-OH is 7. The molecule has 8 rings (SSSR count). The van der Waals surface area contributed by atoms with E-state index in [1.54, 1.807) is 28.1 Å². The van der Waals surface area contributed by atoms with Crippen LogP contribution in [0.4, 0.5) is 0 Å². The van der Waals surface area contributed by atoms with Gasteiger partial charge in [0, 0.05) is 39.6 Å². The lowest BCUT2D eigenvalue weighted by Gasteiger charge is -2.63. The Morgan fingerprint density at radius 3 is 1.88 bits per heavy atom. The molecule has 4 aliphatic heterocycles. The maximum atomic E-state index is 12.4. The van der Waals surface area contributed by atoms with Crippen LogP contribution in [0.15, 0.2) is 11.6 Å². The van der Waals surface area contributed by atoms with Crippen LogP contribution in [0.3, 0.4) is 0 Å². The maximum Gasteiger partial charge on any atom is 0.187 e. The molecule has 7 fully saturated rings. The number of aliphatic hydroxyl groups is 8. The Morgan fingerprint density at radius 1 is 0.672 bits per heavy atom. The topological polar surface area (TPSA) is 263 Å². The molecule has 4 heterocycles. The standard InChI is InChI=1S/C48H80O19/c1-21(50)27-13-15-48(56)28-11-10-25-16-26(12-14-46(25,5)29(28)17-33(51)47(27,48)6)63-34-18-30(57-7)40(22(2)60-34)65-35-19-31(58-8)41(23(3)61-35)66-45-39(55)43(59-9)42(24(4)62-45)67-44-38(54)37(53)36(52)32(20-49)64-44/h10,21-24,26-45,49-56H,11-20H2,1-9H3/t21-,22-,23-,24-,26+,27-,28-,29+,30+,31+,32-,33-,34+,35+,36-,37+,38-,39-,40+,41+,42-,43+,44+,45+,46+,47+,48+/m1/s1. The van der Waals surface area contributed by atoms with Crippen molar-refractivity contribution in [1.82, 2.24) is 0 Å². The van der Waals surface area contributed by atoms with Gasteiger partial charge < -0.3 is 93.0 Å². The third-order valence-electron chi connectivity index (χ3n) is 17.9. The molecular formula is C48H80O19. The van der Waals surface area contributed by atoms with Crippen LogP contribution < -0.4 is 0 Å². The predicted octanol–water partition coefficient (Wildman–Crippen LogP) is 0.793. The molecule has 0 spiro atoms. The van der Waals surface area contributed by atoms with Gasteiger partial charge in [-0.25, -0.2) is 0 Å². The second-order valence-corrected chi connectivity index (χ2v) is 21.4. The summed E-state index contributed by atoms with van der Waals surface area (Å²) in [5.41, 5.74) is -0.639. The molecule has 0 aromatic heterocycles. The number of rotatable bonds is 13. The van der Waals surface area contributed by atoms with E-state index in [9.17, 15) is 40.9 Å². The third kappa shape index (κ3) is 9.24. The van der Waals surface area contributed by atoms with E-state index in [4.69, 9.17) is 52.1 Å². The summed E-state index contributed by atoms with van der Waals surface area (Å²) >= 11 is 0. The lowest BCUT2D eigenvalue weighted by molar-refractivity contribution is -0.373. The summed E-state index contributed by atoms with van der Waals surface area (Å²) in [5.74, 6) is 0.00111. The fourth-order valence-corrected chi connectivity index (χ4v) is 14.0. The second kappa shape index (κ2) is 20.5. The molecule has 4 aliphatic carbocycles. The first kappa shape index (κ1) is 52.3. The summed E-state index contributed by atoms with van der Waals surface area (Å²) < 4.78 is 67.8. The van der Waals surface area contributed by atoms with E-state index < -0.39 is 134 Å². The van der Waals surface area contributed by atoms with Crippen molar-refractivity contribution in [2.45, 2.75) is 234 Å². The fourth-order valence-electron chi connectivity index (χ4n) is 14.0. The molecule has 27 atom stereocenters. The molecule has 0 unspecified atom stereocenters. The summed E-state index contributed by atoms with van der Waals surface area (Å²) in [6.45, 7) is 10.9. The lowest BCUT2D eigenvalue weighted by Crippen LogP contribution is -2.66. The summed E-state index contributed by atoms with van der Waals surface area (Å²) in [6.07, 6.45) is -10.7. The van der Waals surface area contributed by atoms with Crippen LogP contribution in [0.1, 0.15) is 99.3 Å². The Bertz CT molecular complexity index is 1690. The molecule has 3 saturated carbocycles. The van der Waals surface area contributed by atoms with Crippen LogP contribution in [0.2, 0.25) is 0 Å². The maximum absolute atomic E-state index is 12.4. The van der Waals surface area contributed by atoms with Crippen molar-refractivity contribution < 1.29 is 93.0 Å². The fraction of sp³-hybridized carbons (Fsp3) is 0.958. The zero-order chi connectivity index (χ0) is 48.5. The minimum Gasteiger partial charge on any atom is -0.394 e. The van der Waals surface area contributed by atoms with Gasteiger partial charge in [0.1, 0.15) is 54.9 Å². The van der Waals surface area contributed by atoms with Gasteiger partial charge in [-0.1, -0.05) is 25.5 Å². The highest BCUT2D eigenvalue weighted by molar-refractivity contribution is 5.29. The summed E-state index contributed by atoms with van der Waals surface area (Å²) in [6, 6.07) is 0. The highest BCUT2D eigenvalue weighted by atomic mass is 16.8. The third-order valence-corrected chi connectivity index (χ3v) is 17.9. The van der Waals surface area contributed by atoms with Gasteiger partial charge in [-0.2, -0.15) is 0 Å². The predicted molar refractivity (Wildman–Crippen MR) is 234 cm³/mol. The van der Waals surface area contributed by atoms with E-state index in [1.165, 1.54) is 12.7 Å². The SMILES string of the molecule is CO[C@H]1[C@@H](O)[C@H](O[C@@H]2[C@@H](OC)C[C@H](O[C@@H]3[C@@H](OC)C[C@H](O[C@H]4CC[C@@]5(C)C(=CC[C@@H]6[C@@H]5C[C@@H](O)[C@]5(C)[C@@H]([C@@H](C)O)CC[C@]65O)C4)O[C@@H]3C)O[C@@H]2C)O[C@H](C)[C@H]1O[C@@H]1O[C@H](CO)[C@@H](O)[C@H](O)[C@H]1O. The van der Waals surface area contributed by atoms with E-state index in [0.717, 1.165) is 25.7 Å². The van der Waals surface area contributed by atoms with Crippen LogP contribution >= 0.6 is 0 Å². The molecule has 386 valence electrons. The van der Waals surface area contributed by atoms with Crippen LogP contribution in [0.5, 0.6) is 0 Å². The van der Waals surface area contributed by atoms with E-state index in [0.29, 0.717) is 25.7 Å². The molecule has 0 aromatic rings. The molecule has 4 saturated heterocycles. The second-order valence-electron chi connectivity index (χ2n) is 21.4. The van der Waals surface area contributed by atoms with Gasteiger partial charge in [0.2, 0.25) is 0 Å². The Balaban J connectivity index is 0.847. The van der Waals surface area contributed by atoms with Crippen molar-refractivity contribution in [2.24, 2.45) is 28.6 Å². The monoisotopic (exact) mass is 961 g/mol. The van der Waals surface area contributed by atoms with Gasteiger partial charge >= 0.3 is 0 Å². The number of ether oxygens (including phenoxy) is 11. The first-order chi connectivity index (χ1) is 31.7. The molecular weight excluding hydrogens is 881 g/mol. The van der Waals surface area contributed by atoms with Crippen LogP contribution in [-0.4, -0.2) is 203 Å². The quantitative estimate of drug-likeness (QED) is 0.119. The number of fused-ring (bicyclic) bond motifs is 5. The zero-order valence-electron chi connectivity index (χ0n) is 40.6. The van der Waals surface area contributed by atoms with E-state index in [-0.39, 0.29) is 41.8 Å². The summed E-state index contributed by atoms with van der Waals surface area (Å²) in [4.78, 5) is 0.